The molecule has 4 aromatic rings. The van der Waals surface area contributed by atoms with Gasteiger partial charge < -0.3 is 10.6 Å². The summed E-state index contributed by atoms with van der Waals surface area (Å²) in [5.74, 6) is -0.645. The summed E-state index contributed by atoms with van der Waals surface area (Å²) in [5.41, 5.74) is 3.26. The number of carbonyl (C=O) groups excluding carboxylic acids is 2. The van der Waals surface area contributed by atoms with Crippen molar-refractivity contribution in [3.63, 3.8) is 0 Å². The Bertz CT molecular complexity index is 1680. The molecule has 0 unspecified atom stereocenters. The number of hydrogen-bond donors (Lipinski definition) is 3. The molecule has 0 saturated heterocycles. The van der Waals surface area contributed by atoms with Crippen LogP contribution in [0.3, 0.4) is 0 Å². The Hall–Kier alpha value is -4.28. The molecule has 1 aromatic heterocycles. The second-order valence-corrected chi connectivity index (χ2v) is 13.1. The maximum Gasteiger partial charge on any atom is 0.270 e. The molecule has 3 N–H and O–H groups in total. The van der Waals surface area contributed by atoms with Gasteiger partial charge in [0.2, 0.25) is 15.9 Å². The molecule has 0 aliphatic heterocycles. The third-order valence-corrected chi connectivity index (χ3v) is 9.37. The number of carbonyl (C=O) groups is 2. The van der Waals surface area contributed by atoms with Crippen LogP contribution in [0.4, 0.5) is 5.69 Å². The SMILES string of the molecule is Cc1ccc(S(=O)(=O)N[C@@H](Cc2ccccc2)C(=O)Nc2ccc(C3(NC(=O)c4ccnn4C(C)C)CCC3)cc2)cc1. The van der Waals surface area contributed by atoms with Crippen molar-refractivity contribution in [3.8, 4) is 0 Å². The van der Waals surface area contributed by atoms with Crippen molar-refractivity contribution in [2.24, 2.45) is 0 Å². The van der Waals surface area contributed by atoms with Crippen LogP contribution in [-0.2, 0) is 26.8 Å². The zero-order valence-corrected chi connectivity index (χ0v) is 25.4. The van der Waals surface area contributed by atoms with Gasteiger partial charge in [0.1, 0.15) is 11.7 Å². The smallest absolute Gasteiger partial charge is 0.270 e. The van der Waals surface area contributed by atoms with Crippen molar-refractivity contribution in [2.75, 3.05) is 5.32 Å². The fourth-order valence-electron chi connectivity index (χ4n) is 5.32. The first-order chi connectivity index (χ1) is 20.6. The molecule has 1 atom stereocenters. The monoisotopic (exact) mass is 599 g/mol. The Morgan fingerprint density at radius 3 is 2.21 bits per heavy atom. The molecule has 1 fully saturated rings. The number of nitrogens with zero attached hydrogens (tertiary/aromatic N) is 2. The van der Waals surface area contributed by atoms with Crippen molar-refractivity contribution in [3.05, 3.63) is 114 Å². The maximum atomic E-state index is 13.5. The minimum Gasteiger partial charge on any atom is -0.341 e. The number of aromatic nitrogens is 2. The Morgan fingerprint density at radius 1 is 0.930 bits per heavy atom. The normalized spacial score (nSPS) is 15.0. The van der Waals surface area contributed by atoms with E-state index in [9.17, 15) is 18.0 Å². The van der Waals surface area contributed by atoms with Gasteiger partial charge in [-0.15, -0.1) is 0 Å². The molecule has 5 rings (SSSR count). The van der Waals surface area contributed by atoms with Crippen molar-refractivity contribution >= 4 is 27.5 Å². The van der Waals surface area contributed by atoms with Crippen LogP contribution in [0.5, 0.6) is 0 Å². The summed E-state index contributed by atoms with van der Waals surface area (Å²) in [6.07, 6.45) is 4.41. The highest BCUT2D eigenvalue weighted by Crippen LogP contribution is 2.42. The first kappa shape index (κ1) is 30.2. The van der Waals surface area contributed by atoms with E-state index in [1.807, 2.05) is 63.2 Å². The van der Waals surface area contributed by atoms with E-state index in [4.69, 9.17) is 0 Å². The summed E-state index contributed by atoms with van der Waals surface area (Å²) in [6.45, 7) is 5.84. The first-order valence-corrected chi connectivity index (χ1v) is 15.9. The highest BCUT2D eigenvalue weighted by atomic mass is 32.2. The second-order valence-electron chi connectivity index (χ2n) is 11.4. The lowest BCUT2D eigenvalue weighted by Crippen LogP contribution is -2.51. The molecule has 1 heterocycles. The Labute approximate surface area is 252 Å². The van der Waals surface area contributed by atoms with Crippen molar-refractivity contribution in [2.45, 2.75) is 69.0 Å². The average molecular weight is 600 g/mol. The van der Waals surface area contributed by atoms with E-state index in [2.05, 4.69) is 20.5 Å². The van der Waals surface area contributed by atoms with Crippen LogP contribution in [0.2, 0.25) is 0 Å². The zero-order chi connectivity index (χ0) is 30.6. The van der Waals surface area contributed by atoms with E-state index in [-0.39, 0.29) is 23.3 Å². The molecule has 0 radical (unpaired) electrons. The van der Waals surface area contributed by atoms with Crippen LogP contribution >= 0.6 is 0 Å². The number of rotatable bonds is 11. The van der Waals surface area contributed by atoms with Gasteiger partial charge >= 0.3 is 0 Å². The molecule has 43 heavy (non-hydrogen) atoms. The minimum atomic E-state index is -3.95. The number of hydrogen-bond acceptors (Lipinski definition) is 5. The van der Waals surface area contributed by atoms with Crippen molar-refractivity contribution in [1.82, 2.24) is 19.8 Å². The Morgan fingerprint density at radius 2 is 1.60 bits per heavy atom. The van der Waals surface area contributed by atoms with Gasteiger partial charge in [0.25, 0.3) is 5.91 Å². The zero-order valence-electron chi connectivity index (χ0n) is 24.6. The van der Waals surface area contributed by atoms with E-state index in [1.165, 1.54) is 12.1 Å². The molecular formula is C33H37N5O4S. The number of nitrogens with one attached hydrogen (secondary N) is 3. The molecular weight excluding hydrogens is 562 g/mol. The molecule has 0 spiro atoms. The Balaban J connectivity index is 1.32. The standard InChI is InChI=1S/C33H37N5O4S/c1-23(2)38-30(18-21-34-38)32(40)36-33(19-7-20-33)26-12-14-27(15-13-26)35-31(39)29(22-25-8-5-4-6-9-25)37-43(41,42)28-16-10-24(3)11-17-28/h4-6,8-18,21,23,29,37H,7,19-20,22H2,1-3H3,(H,35,39)(H,36,40)/t29-/m0/s1. The van der Waals surface area contributed by atoms with E-state index in [0.717, 1.165) is 36.0 Å². The third kappa shape index (κ3) is 6.87. The van der Waals surface area contributed by atoms with Gasteiger partial charge in [-0.2, -0.15) is 9.82 Å². The largest absolute Gasteiger partial charge is 0.341 e. The fourth-order valence-corrected chi connectivity index (χ4v) is 6.51. The van der Waals surface area contributed by atoms with Gasteiger partial charge in [-0.05, 0) is 87.9 Å². The summed E-state index contributed by atoms with van der Waals surface area (Å²) in [7, 11) is -3.95. The molecule has 3 aromatic carbocycles. The molecule has 0 bridgehead atoms. The molecule has 1 aliphatic carbocycles. The van der Waals surface area contributed by atoms with E-state index >= 15 is 0 Å². The van der Waals surface area contributed by atoms with Gasteiger partial charge in [0, 0.05) is 17.9 Å². The summed E-state index contributed by atoms with van der Waals surface area (Å²) < 4.78 is 30.7. The predicted molar refractivity (Wildman–Crippen MR) is 166 cm³/mol. The summed E-state index contributed by atoms with van der Waals surface area (Å²) in [6, 6.07) is 23.9. The number of benzene rings is 3. The van der Waals surface area contributed by atoms with Gasteiger partial charge in [-0.3, -0.25) is 14.3 Å². The summed E-state index contributed by atoms with van der Waals surface area (Å²) in [5, 5.41) is 10.4. The van der Waals surface area contributed by atoms with E-state index in [0.29, 0.717) is 11.4 Å². The lowest BCUT2D eigenvalue weighted by atomic mass is 9.71. The van der Waals surface area contributed by atoms with Crippen LogP contribution in [-0.4, -0.2) is 36.1 Å². The Kier molecular flexibility index (Phi) is 8.79. The minimum absolute atomic E-state index is 0.0584. The quantitative estimate of drug-likeness (QED) is 0.221. The second kappa shape index (κ2) is 12.5. The summed E-state index contributed by atoms with van der Waals surface area (Å²) >= 11 is 0. The van der Waals surface area contributed by atoms with Gasteiger partial charge in [-0.25, -0.2) is 8.42 Å². The lowest BCUT2D eigenvalue weighted by Gasteiger charge is -2.43. The molecule has 2 amide bonds. The first-order valence-electron chi connectivity index (χ1n) is 14.5. The van der Waals surface area contributed by atoms with Gasteiger partial charge in [-0.1, -0.05) is 60.2 Å². The molecule has 9 nitrogen and oxygen atoms in total. The van der Waals surface area contributed by atoms with Crippen molar-refractivity contribution in [1.29, 1.82) is 0 Å². The molecule has 10 heteroatoms. The molecule has 1 aliphatic rings. The number of sulfonamides is 1. The topological polar surface area (TPSA) is 122 Å². The van der Waals surface area contributed by atoms with Gasteiger partial charge in [0.05, 0.1) is 10.4 Å². The fraction of sp³-hybridized carbons (Fsp3) is 0.303. The lowest BCUT2D eigenvalue weighted by molar-refractivity contribution is -0.117. The highest BCUT2D eigenvalue weighted by molar-refractivity contribution is 7.89. The van der Waals surface area contributed by atoms with Crippen molar-refractivity contribution < 1.29 is 18.0 Å². The number of aryl methyl sites for hydroxylation is 1. The van der Waals surface area contributed by atoms with Crippen LogP contribution in [0.25, 0.3) is 0 Å². The third-order valence-electron chi connectivity index (χ3n) is 7.88. The van der Waals surface area contributed by atoms with Crippen LogP contribution in [0.15, 0.2) is 96.0 Å². The van der Waals surface area contributed by atoms with Crippen LogP contribution in [0.1, 0.15) is 66.3 Å². The number of anilines is 1. The van der Waals surface area contributed by atoms with Crippen LogP contribution in [0, 0.1) is 6.92 Å². The van der Waals surface area contributed by atoms with Crippen LogP contribution < -0.4 is 15.4 Å². The average Bonchev–Trinajstić information content (AvgIpc) is 3.47. The molecule has 224 valence electrons. The maximum absolute atomic E-state index is 13.5. The molecule has 1 saturated carbocycles. The number of amides is 2. The summed E-state index contributed by atoms with van der Waals surface area (Å²) in [4.78, 5) is 26.8. The van der Waals surface area contributed by atoms with E-state index < -0.39 is 27.5 Å². The predicted octanol–water partition coefficient (Wildman–Crippen LogP) is 5.11. The van der Waals surface area contributed by atoms with E-state index in [1.54, 1.807) is 41.2 Å². The van der Waals surface area contributed by atoms with Gasteiger partial charge in [0.15, 0.2) is 0 Å². The highest BCUT2D eigenvalue weighted by Gasteiger charge is 2.40.